The zero-order valence-electron chi connectivity index (χ0n) is 16.9. The standard InChI is InChI=1S/C23H24Cl2FN3O2/c24-14-8-9-19-18(10-14)28-22(30)23(31-19)20(15-6-3-7-16(25)21(15)26)17(27)12-29(23)11-13-4-1-2-5-13/h3,6-10,13,17,20H,1-2,4-5,11-12,27H2,(H,28,30)/t17-,20+,23+/m1/s1. The highest BCUT2D eigenvalue weighted by atomic mass is 35.5. The summed E-state index contributed by atoms with van der Waals surface area (Å²) in [6.45, 7) is 1.09. The van der Waals surface area contributed by atoms with Crippen LogP contribution in [0.2, 0.25) is 10.0 Å². The number of rotatable bonds is 3. The summed E-state index contributed by atoms with van der Waals surface area (Å²) in [4.78, 5) is 15.7. The topological polar surface area (TPSA) is 67.6 Å². The number of likely N-dealkylation sites (tertiary alicyclic amines) is 1. The van der Waals surface area contributed by atoms with Crippen LogP contribution >= 0.6 is 23.2 Å². The van der Waals surface area contributed by atoms with E-state index in [0.29, 0.717) is 41.0 Å². The monoisotopic (exact) mass is 463 g/mol. The van der Waals surface area contributed by atoms with Crippen LogP contribution in [0, 0.1) is 11.7 Å². The van der Waals surface area contributed by atoms with Crippen LogP contribution in [-0.2, 0) is 4.79 Å². The molecule has 0 unspecified atom stereocenters. The maximum atomic E-state index is 15.2. The Kier molecular flexibility index (Phi) is 5.37. The summed E-state index contributed by atoms with van der Waals surface area (Å²) in [5.74, 6) is -0.712. The molecule has 5 rings (SSSR count). The predicted octanol–water partition coefficient (Wildman–Crippen LogP) is 4.78. The Bertz CT molecular complexity index is 1030. The molecule has 2 fully saturated rings. The van der Waals surface area contributed by atoms with Crippen LogP contribution in [0.4, 0.5) is 10.1 Å². The first kappa shape index (κ1) is 21.0. The van der Waals surface area contributed by atoms with E-state index in [9.17, 15) is 4.79 Å². The van der Waals surface area contributed by atoms with E-state index < -0.39 is 23.5 Å². The molecule has 1 aliphatic carbocycles. The summed E-state index contributed by atoms with van der Waals surface area (Å²) in [6, 6.07) is 9.37. The van der Waals surface area contributed by atoms with Gasteiger partial charge in [-0.3, -0.25) is 9.69 Å². The molecule has 2 heterocycles. The average Bonchev–Trinajstić information content (AvgIpc) is 3.33. The van der Waals surface area contributed by atoms with Crippen molar-refractivity contribution in [3.63, 3.8) is 0 Å². The number of nitrogens with one attached hydrogen (secondary N) is 1. The van der Waals surface area contributed by atoms with Gasteiger partial charge in [0.25, 0.3) is 11.6 Å². The second kappa shape index (κ2) is 7.93. The summed E-state index contributed by atoms with van der Waals surface area (Å²) in [5.41, 5.74) is 5.90. The van der Waals surface area contributed by atoms with E-state index >= 15 is 4.39 Å². The number of anilines is 1. The number of carbonyl (C=O) groups excluding carboxylic acids is 1. The van der Waals surface area contributed by atoms with Crippen molar-refractivity contribution in [3.8, 4) is 5.75 Å². The van der Waals surface area contributed by atoms with Gasteiger partial charge >= 0.3 is 0 Å². The molecule has 164 valence electrons. The quantitative estimate of drug-likeness (QED) is 0.687. The van der Waals surface area contributed by atoms with Crippen molar-refractivity contribution in [3.05, 3.63) is 57.8 Å². The number of halogens is 3. The maximum Gasteiger partial charge on any atom is 0.285 e. The van der Waals surface area contributed by atoms with E-state index in [1.54, 1.807) is 30.3 Å². The number of benzene rings is 2. The highest BCUT2D eigenvalue weighted by molar-refractivity contribution is 6.31. The molecule has 3 aliphatic rings. The molecule has 8 heteroatoms. The van der Waals surface area contributed by atoms with Crippen LogP contribution in [0.1, 0.15) is 37.2 Å². The number of fused-ring (bicyclic) bond motifs is 1. The molecule has 5 nitrogen and oxygen atoms in total. The lowest BCUT2D eigenvalue weighted by atomic mass is 9.84. The van der Waals surface area contributed by atoms with Crippen molar-refractivity contribution in [2.75, 3.05) is 18.4 Å². The highest BCUT2D eigenvalue weighted by Gasteiger charge is 2.63. The van der Waals surface area contributed by atoms with Gasteiger partial charge in [0.2, 0.25) is 0 Å². The average molecular weight is 464 g/mol. The minimum atomic E-state index is -1.46. The number of carbonyl (C=O) groups is 1. The number of hydrogen-bond acceptors (Lipinski definition) is 4. The Balaban J connectivity index is 1.64. The molecule has 1 spiro atoms. The van der Waals surface area contributed by atoms with E-state index in [1.165, 1.54) is 18.9 Å². The number of nitrogens with two attached hydrogens (primary N) is 1. The van der Waals surface area contributed by atoms with Gasteiger partial charge in [0.15, 0.2) is 0 Å². The zero-order valence-corrected chi connectivity index (χ0v) is 18.4. The smallest absolute Gasteiger partial charge is 0.285 e. The van der Waals surface area contributed by atoms with Gasteiger partial charge in [0.05, 0.1) is 16.6 Å². The van der Waals surface area contributed by atoms with Crippen LogP contribution in [0.5, 0.6) is 5.75 Å². The molecule has 0 radical (unpaired) electrons. The maximum absolute atomic E-state index is 15.2. The third kappa shape index (κ3) is 3.41. The SMILES string of the molecule is N[C@@H]1CN(CC2CCCC2)[C@]2(Oc3ccc(Cl)cc3NC2=O)[C@H]1c1cccc(Cl)c1F. The third-order valence-electron chi connectivity index (χ3n) is 6.80. The molecule has 1 saturated heterocycles. The van der Waals surface area contributed by atoms with Gasteiger partial charge in [-0.15, -0.1) is 0 Å². The van der Waals surface area contributed by atoms with Gasteiger partial charge in [-0.05, 0) is 43.0 Å². The lowest BCUT2D eigenvalue weighted by Gasteiger charge is -2.44. The fourth-order valence-electron chi connectivity index (χ4n) is 5.43. The largest absolute Gasteiger partial charge is 0.460 e. The normalized spacial score (nSPS) is 28.6. The Morgan fingerprint density at radius 1 is 1.23 bits per heavy atom. The van der Waals surface area contributed by atoms with Crippen molar-refractivity contribution in [1.82, 2.24) is 4.90 Å². The van der Waals surface area contributed by atoms with Gasteiger partial charge in [0.1, 0.15) is 11.6 Å². The first-order chi connectivity index (χ1) is 14.9. The fraction of sp³-hybridized carbons (Fsp3) is 0.435. The summed E-state index contributed by atoms with van der Waals surface area (Å²) in [7, 11) is 0. The van der Waals surface area contributed by atoms with E-state index in [0.717, 1.165) is 12.8 Å². The molecule has 1 amide bonds. The van der Waals surface area contributed by atoms with Crippen molar-refractivity contribution >= 4 is 34.8 Å². The molecule has 31 heavy (non-hydrogen) atoms. The minimum Gasteiger partial charge on any atom is -0.460 e. The number of ether oxygens (including phenoxy) is 1. The lowest BCUT2D eigenvalue weighted by molar-refractivity contribution is -0.151. The van der Waals surface area contributed by atoms with Gasteiger partial charge in [-0.2, -0.15) is 0 Å². The van der Waals surface area contributed by atoms with Gasteiger partial charge in [0, 0.05) is 29.7 Å². The van der Waals surface area contributed by atoms with E-state index in [1.807, 2.05) is 4.90 Å². The van der Waals surface area contributed by atoms with Crippen LogP contribution in [-0.4, -0.2) is 35.7 Å². The van der Waals surface area contributed by atoms with E-state index in [-0.39, 0.29) is 10.9 Å². The summed E-state index contributed by atoms with van der Waals surface area (Å²) >= 11 is 12.2. The zero-order chi connectivity index (χ0) is 21.8. The van der Waals surface area contributed by atoms with Crippen molar-refractivity contribution in [2.45, 2.75) is 43.4 Å². The number of hydrogen-bond donors (Lipinski definition) is 2. The molecule has 2 aliphatic heterocycles. The molecular formula is C23H24Cl2FN3O2. The van der Waals surface area contributed by atoms with E-state index in [4.69, 9.17) is 33.7 Å². The van der Waals surface area contributed by atoms with Crippen LogP contribution < -0.4 is 15.8 Å². The number of nitrogens with zero attached hydrogens (tertiary/aromatic N) is 1. The molecule has 3 atom stereocenters. The van der Waals surface area contributed by atoms with Crippen molar-refractivity contribution in [1.29, 1.82) is 0 Å². The molecule has 1 saturated carbocycles. The fourth-order valence-corrected chi connectivity index (χ4v) is 5.78. The van der Waals surface area contributed by atoms with Crippen LogP contribution in [0.25, 0.3) is 0 Å². The Morgan fingerprint density at radius 2 is 2.00 bits per heavy atom. The molecule has 3 N–H and O–H groups in total. The lowest BCUT2D eigenvalue weighted by Crippen LogP contribution is -2.63. The third-order valence-corrected chi connectivity index (χ3v) is 7.33. The number of amides is 1. The molecular weight excluding hydrogens is 440 g/mol. The second-order valence-corrected chi connectivity index (χ2v) is 9.58. The van der Waals surface area contributed by atoms with Crippen molar-refractivity contribution in [2.24, 2.45) is 11.7 Å². The Labute approximate surface area is 190 Å². The second-order valence-electron chi connectivity index (χ2n) is 8.73. The molecule has 0 aromatic heterocycles. The van der Waals surface area contributed by atoms with Gasteiger partial charge in [-0.25, -0.2) is 4.39 Å². The van der Waals surface area contributed by atoms with Gasteiger partial charge in [-0.1, -0.05) is 48.2 Å². The summed E-state index contributed by atoms with van der Waals surface area (Å²) < 4.78 is 21.6. The molecule has 2 aromatic rings. The first-order valence-corrected chi connectivity index (χ1v) is 11.4. The van der Waals surface area contributed by atoms with Crippen molar-refractivity contribution < 1.29 is 13.9 Å². The summed E-state index contributed by atoms with van der Waals surface area (Å²) in [5, 5.41) is 3.43. The van der Waals surface area contributed by atoms with E-state index in [2.05, 4.69) is 5.32 Å². The highest BCUT2D eigenvalue weighted by Crippen LogP contribution is 2.49. The summed E-state index contributed by atoms with van der Waals surface area (Å²) in [6.07, 6.45) is 4.56. The molecule has 0 bridgehead atoms. The van der Waals surface area contributed by atoms with Crippen LogP contribution in [0.3, 0.4) is 0 Å². The Morgan fingerprint density at radius 3 is 2.77 bits per heavy atom. The molecule has 2 aromatic carbocycles. The minimum absolute atomic E-state index is 0.00232. The predicted molar refractivity (Wildman–Crippen MR) is 119 cm³/mol. The van der Waals surface area contributed by atoms with Crippen LogP contribution in [0.15, 0.2) is 36.4 Å². The van der Waals surface area contributed by atoms with Gasteiger partial charge < -0.3 is 15.8 Å². The first-order valence-electron chi connectivity index (χ1n) is 10.6. The Hall–Kier alpha value is -1.86.